The Labute approximate surface area is 99.7 Å². The number of rotatable bonds is 6. The van der Waals surface area contributed by atoms with Crippen LogP contribution in [0, 0.1) is 0 Å². The van der Waals surface area contributed by atoms with Gasteiger partial charge in [0, 0.05) is 0 Å². The van der Waals surface area contributed by atoms with Crippen LogP contribution in [0.2, 0.25) is 0 Å². The summed E-state index contributed by atoms with van der Waals surface area (Å²) < 4.78 is 5.05. The lowest BCUT2D eigenvalue weighted by atomic mass is 10.1. The Bertz CT molecular complexity index is 397. The minimum atomic E-state index is -1.04. The van der Waals surface area contributed by atoms with Crippen molar-refractivity contribution in [3.63, 3.8) is 0 Å². The van der Waals surface area contributed by atoms with Crippen molar-refractivity contribution in [2.75, 3.05) is 13.7 Å². The van der Waals surface area contributed by atoms with Gasteiger partial charge in [-0.15, -0.1) is 0 Å². The molecule has 0 aromatic heterocycles. The number of oxime groups is 1. The highest BCUT2D eigenvalue weighted by Crippen LogP contribution is 2.13. The fraction of sp³-hybridized carbons (Fsp3) is 0.333. The molecule has 5 nitrogen and oxygen atoms in total. The number of nitrogens with zero attached hydrogens (tertiary/aromatic N) is 1. The van der Waals surface area contributed by atoms with Crippen LogP contribution in [0.1, 0.15) is 18.9 Å². The van der Waals surface area contributed by atoms with Crippen LogP contribution in [0.25, 0.3) is 0 Å². The van der Waals surface area contributed by atoms with Crippen molar-refractivity contribution in [3.8, 4) is 5.75 Å². The Hall–Kier alpha value is -2.04. The molecule has 0 aliphatic carbocycles. The lowest BCUT2D eigenvalue weighted by Gasteiger charge is -2.05. The molecular weight excluding hydrogens is 222 g/mol. The number of methoxy groups -OCH3 is 1. The van der Waals surface area contributed by atoms with E-state index in [1.807, 2.05) is 31.2 Å². The second kappa shape index (κ2) is 6.52. The van der Waals surface area contributed by atoms with Gasteiger partial charge in [-0.25, -0.2) is 4.79 Å². The standard InChI is InChI=1S/C12H15NO4/c1-3-11(13-17-8-12(14)15)9-4-6-10(16-2)7-5-9/h4-7H,3,8H2,1-2H3,(H,14,15). The molecule has 1 rings (SSSR count). The Morgan fingerprint density at radius 3 is 2.47 bits per heavy atom. The summed E-state index contributed by atoms with van der Waals surface area (Å²) in [5.41, 5.74) is 1.59. The molecule has 5 heteroatoms. The van der Waals surface area contributed by atoms with Crippen LogP contribution in [0.4, 0.5) is 0 Å². The molecule has 0 amide bonds. The fourth-order valence-electron chi connectivity index (χ4n) is 1.27. The van der Waals surface area contributed by atoms with Crippen molar-refractivity contribution >= 4 is 11.7 Å². The molecular formula is C12H15NO4. The van der Waals surface area contributed by atoms with Crippen LogP contribution in [-0.2, 0) is 9.63 Å². The minimum absolute atomic E-state index is 0.431. The van der Waals surface area contributed by atoms with Crippen LogP contribution in [0.5, 0.6) is 5.75 Å². The predicted octanol–water partition coefficient (Wildman–Crippen LogP) is 1.91. The van der Waals surface area contributed by atoms with Gasteiger partial charge in [-0.05, 0) is 36.2 Å². The molecule has 17 heavy (non-hydrogen) atoms. The largest absolute Gasteiger partial charge is 0.497 e. The number of benzene rings is 1. The Morgan fingerprint density at radius 2 is 2.00 bits per heavy atom. The van der Waals surface area contributed by atoms with Crippen molar-refractivity contribution in [2.45, 2.75) is 13.3 Å². The Morgan fingerprint density at radius 1 is 1.35 bits per heavy atom. The van der Waals surface area contributed by atoms with Gasteiger partial charge in [-0.3, -0.25) is 0 Å². The third kappa shape index (κ3) is 4.14. The van der Waals surface area contributed by atoms with Gasteiger partial charge in [0.15, 0.2) is 0 Å². The highest BCUT2D eigenvalue weighted by molar-refractivity contribution is 6.00. The zero-order chi connectivity index (χ0) is 12.7. The van der Waals surface area contributed by atoms with E-state index in [0.29, 0.717) is 12.1 Å². The monoisotopic (exact) mass is 237 g/mol. The van der Waals surface area contributed by atoms with Gasteiger partial charge in [0.1, 0.15) is 5.75 Å². The van der Waals surface area contributed by atoms with Crippen molar-refractivity contribution in [1.82, 2.24) is 0 Å². The first-order valence-electron chi connectivity index (χ1n) is 5.22. The number of carboxylic acids is 1. The average molecular weight is 237 g/mol. The lowest BCUT2D eigenvalue weighted by molar-refractivity contribution is -0.142. The second-order valence-corrected chi connectivity index (χ2v) is 3.29. The second-order valence-electron chi connectivity index (χ2n) is 3.29. The van der Waals surface area contributed by atoms with E-state index < -0.39 is 12.6 Å². The molecule has 1 N–H and O–H groups in total. The first-order valence-corrected chi connectivity index (χ1v) is 5.22. The molecule has 0 aliphatic rings. The zero-order valence-corrected chi connectivity index (χ0v) is 9.84. The van der Waals surface area contributed by atoms with Crippen molar-refractivity contribution < 1.29 is 19.5 Å². The molecule has 92 valence electrons. The van der Waals surface area contributed by atoms with Crippen LogP contribution in [0.15, 0.2) is 29.4 Å². The van der Waals surface area contributed by atoms with E-state index in [-0.39, 0.29) is 0 Å². The quantitative estimate of drug-likeness (QED) is 0.606. The number of aliphatic carboxylic acids is 1. The van der Waals surface area contributed by atoms with E-state index >= 15 is 0 Å². The zero-order valence-electron chi connectivity index (χ0n) is 9.84. The number of hydrogen-bond donors (Lipinski definition) is 1. The normalized spacial score (nSPS) is 11.1. The van der Waals surface area contributed by atoms with E-state index in [0.717, 1.165) is 11.3 Å². The van der Waals surface area contributed by atoms with E-state index in [4.69, 9.17) is 14.7 Å². The summed E-state index contributed by atoms with van der Waals surface area (Å²) in [7, 11) is 1.60. The van der Waals surface area contributed by atoms with Gasteiger partial charge >= 0.3 is 5.97 Å². The summed E-state index contributed by atoms with van der Waals surface area (Å²) in [6.07, 6.45) is 0.659. The van der Waals surface area contributed by atoms with E-state index in [2.05, 4.69) is 5.16 Å². The third-order valence-corrected chi connectivity index (χ3v) is 2.12. The van der Waals surface area contributed by atoms with E-state index in [1.54, 1.807) is 7.11 Å². The maximum Gasteiger partial charge on any atom is 0.344 e. The summed E-state index contributed by atoms with van der Waals surface area (Å²) in [5.74, 6) is -0.283. The molecule has 1 aromatic rings. The van der Waals surface area contributed by atoms with Crippen LogP contribution < -0.4 is 4.74 Å². The van der Waals surface area contributed by atoms with E-state index in [9.17, 15) is 4.79 Å². The van der Waals surface area contributed by atoms with Crippen LogP contribution in [0.3, 0.4) is 0 Å². The molecule has 0 radical (unpaired) electrons. The van der Waals surface area contributed by atoms with Crippen LogP contribution >= 0.6 is 0 Å². The molecule has 0 aliphatic heterocycles. The molecule has 0 unspecified atom stereocenters. The molecule has 0 saturated carbocycles. The Kier molecular flexibility index (Phi) is 5.00. The summed E-state index contributed by atoms with van der Waals surface area (Å²) in [4.78, 5) is 15.0. The maximum atomic E-state index is 10.3. The number of carbonyl (C=O) groups is 1. The predicted molar refractivity (Wildman–Crippen MR) is 63.4 cm³/mol. The summed E-state index contributed by atoms with van der Waals surface area (Å²) in [6, 6.07) is 7.34. The third-order valence-electron chi connectivity index (χ3n) is 2.12. The van der Waals surface area contributed by atoms with Crippen molar-refractivity contribution in [2.24, 2.45) is 5.16 Å². The summed E-state index contributed by atoms with van der Waals surface area (Å²) in [6.45, 7) is 1.49. The van der Waals surface area contributed by atoms with Crippen molar-refractivity contribution in [3.05, 3.63) is 29.8 Å². The van der Waals surface area contributed by atoms with Gasteiger partial charge < -0.3 is 14.7 Å². The molecule has 0 atom stereocenters. The lowest BCUT2D eigenvalue weighted by Crippen LogP contribution is -2.06. The molecule has 0 fully saturated rings. The smallest absolute Gasteiger partial charge is 0.344 e. The van der Waals surface area contributed by atoms with E-state index in [1.165, 1.54) is 0 Å². The van der Waals surface area contributed by atoms with Gasteiger partial charge in [-0.1, -0.05) is 12.1 Å². The SMILES string of the molecule is CCC(=NOCC(=O)O)c1ccc(OC)cc1. The number of ether oxygens (including phenoxy) is 1. The molecule has 0 spiro atoms. The fourth-order valence-corrected chi connectivity index (χ4v) is 1.27. The van der Waals surface area contributed by atoms with Gasteiger partial charge in [0.2, 0.25) is 6.61 Å². The van der Waals surface area contributed by atoms with Gasteiger partial charge in [0.25, 0.3) is 0 Å². The van der Waals surface area contributed by atoms with Gasteiger partial charge in [-0.2, -0.15) is 0 Å². The highest BCUT2D eigenvalue weighted by Gasteiger charge is 2.03. The van der Waals surface area contributed by atoms with Crippen LogP contribution in [-0.4, -0.2) is 30.5 Å². The number of hydrogen-bond acceptors (Lipinski definition) is 4. The molecule has 0 saturated heterocycles. The first kappa shape index (κ1) is 13.0. The first-order chi connectivity index (χ1) is 8.17. The Balaban J connectivity index is 2.74. The average Bonchev–Trinajstić information content (AvgIpc) is 2.34. The minimum Gasteiger partial charge on any atom is -0.497 e. The molecule has 0 bridgehead atoms. The number of carboxylic acid groups (broad SMARTS) is 1. The highest BCUT2D eigenvalue weighted by atomic mass is 16.6. The van der Waals surface area contributed by atoms with Gasteiger partial charge in [0.05, 0.1) is 12.8 Å². The maximum absolute atomic E-state index is 10.3. The summed E-state index contributed by atoms with van der Waals surface area (Å²) in [5, 5.41) is 12.2. The molecule has 0 heterocycles. The topological polar surface area (TPSA) is 68.1 Å². The summed E-state index contributed by atoms with van der Waals surface area (Å²) >= 11 is 0. The molecule has 1 aromatic carbocycles. The van der Waals surface area contributed by atoms with Crippen molar-refractivity contribution in [1.29, 1.82) is 0 Å².